The predicted molar refractivity (Wildman–Crippen MR) is 61.8 cm³/mol. The number of anilines is 1. The van der Waals surface area contributed by atoms with Crippen molar-refractivity contribution in [1.29, 1.82) is 0 Å². The van der Waals surface area contributed by atoms with E-state index in [1.54, 1.807) is 12.0 Å². The molecule has 0 N–H and O–H groups in total. The van der Waals surface area contributed by atoms with Crippen molar-refractivity contribution in [3.05, 3.63) is 5.28 Å². The van der Waals surface area contributed by atoms with Crippen molar-refractivity contribution in [2.24, 2.45) is 0 Å². The summed E-state index contributed by atoms with van der Waals surface area (Å²) >= 11 is 7.27. The third-order valence-corrected chi connectivity index (χ3v) is 2.48. The molecule has 15 heavy (non-hydrogen) atoms. The fourth-order valence-corrected chi connectivity index (χ4v) is 1.74. The zero-order chi connectivity index (χ0) is 11.3. The van der Waals surface area contributed by atoms with E-state index < -0.39 is 0 Å². The lowest BCUT2D eigenvalue weighted by Gasteiger charge is -2.10. The van der Waals surface area contributed by atoms with Gasteiger partial charge >= 0.3 is 0 Å². The van der Waals surface area contributed by atoms with Gasteiger partial charge < -0.3 is 9.64 Å². The topological polar surface area (TPSA) is 51.1 Å². The van der Waals surface area contributed by atoms with Crippen LogP contribution in [0.1, 0.15) is 0 Å². The average Bonchev–Trinajstić information content (AvgIpc) is 2.17. The van der Waals surface area contributed by atoms with Crippen molar-refractivity contribution in [2.75, 3.05) is 38.5 Å². The van der Waals surface area contributed by atoms with Crippen LogP contribution in [0.2, 0.25) is 5.28 Å². The molecule has 0 atom stereocenters. The molecule has 0 unspecified atom stereocenters. The summed E-state index contributed by atoms with van der Waals surface area (Å²) in [6, 6.07) is 0. The minimum atomic E-state index is 0.216. The summed E-state index contributed by atoms with van der Waals surface area (Å²) in [6.45, 7) is 0.658. The van der Waals surface area contributed by atoms with Gasteiger partial charge in [-0.05, 0) is 11.6 Å². The van der Waals surface area contributed by atoms with E-state index in [-0.39, 0.29) is 5.28 Å². The molecule has 84 valence electrons. The summed E-state index contributed by atoms with van der Waals surface area (Å²) in [6.07, 6.45) is 0. The number of hydrogen-bond donors (Lipinski definition) is 0. The summed E-state index contributed by atoms with van der Waals surface area (Å²) in [5.74, 6) is 1.36. The molecule has 0 fully saturated rings. The van der Waals surface area contributed by atoms with Gasteiger partial charge in [0.2, 0.25) is 11.2 Å². The molecular weight excluding hydrogens is 236 g/mol. The first kappa shape index (κ1) is 12.5. The Kier molecular flexibility index (Phi) is 5.07. The second-order valence-corrected chi connectivity index (χ2v) is 4.32. The Labute approximate surface area is 98.2 Å². The number of methoxy groups -OCH3 is 1. The number of ether oxygens (including phenoxy) is 1. The van der Waals surface area contributed by atoms with Crippen LogP contribution >= 0.6 is 23.4 Å². The van der Waals surface area contributed by atoms with Gasteiger partial charge in [-0.15, -0.1) is 0 Å². The van der Waals surface area contributed by atoms with Crippen molar-refractivity contribution < 1.29 is 4.74 Å². The number of nitrogens with zero attached hydrogens (tertiary/aromatic N) is 4. The number of rotatable bonds is 5. The molecule has 0 saturated carbocycles. The Morgan fingerprint density at radius 3 is 2.67 bits per heavy atom. The van der Waals surface area contributed by atoms with E-state index in [9.17, 15) is 0 Å². The van der Waals surface area contributed by atoms with Gasteiger partial charge in [-0.25, -0.2) is 0 Å². The third-order valence-electron chi connectivity index (χ3n) is 1.49. The highest BCUT2D eigenvalue weighted by molar-refractivity contribution is 7.99. The fourth-order valence-electron chi connectivity index (χ4n) is 0.803. The molecular formula is C8H13ClN4OS. The Morgan fingerprint density at radius 2 is 2.07 bits per heavy atom. The Hall–Kier alpha value is -0.590. The minimum absolute atomic E-state index is 0.216. The molecule has 1 heterocycles. The number of halogens is 1. The van der Waals surface area contributed by atoms with Gasteiger partial charge in [0.15, 0.2) is 5.16 Å². The molecule has 0 spiro atoms. The minimum Gasteiger partial charge on any atom is -0.384 e. The van der Waals surface area contributed by atoms with Gasteiger partial charge in [-0.3, -0.25) is 0 Å². The van der Waals surface area contributed by atoms with Crippen molar-refractivity contribution >= 4 is 29.3 Å². The fraction of sp³-hybridized carbons (Fsp3) is 0.625. The standard InChI is InChI=1S/C8H13ClN4OS/c1-13(2)7-10-6(9)11-8(12-7)15-5-4-14-3/h4-5H2,1-3H3. The van der Waals surface area contributed by atoms with Gasteiger partial charge in [0.25, 0.3) is 0 Å². The normalized spacial score (nSPS) is 10.4. The van der Waals surface area contributed by atoms with E-state index in [4.69, 9.17) is 16.3 Å². The summed E-state index contributed by atoms with van der Waals surface area (Å²) in [7, 11) is 5.37. The van der Waals surface area contributed by atoms with Gasteiger partial charge in [0.05, 0.1) is 6.61 Å². The quantitative estimate of drug-likeness (QED) is 0.579. The smallest absolute Gasteiger partial charge is 0.230 e. The number of aromatic nitrogens is 3. The molecule has 5 nitrogen and oxygen atoms in total. The monoisotopic (exact) mass is 248 g/mol. The van der Waals surface area contributed by atoms with Crippen LogP contribution in [0, 0.1) is 0 Å². The second-order valence-electron chi connectivity index (χ2n) is 2.92. The molecule has 0 bridgehead atoms. The molecule has 0 aliphatic rings. The Balaban J connectivity index is 2.71. The van der Waals surface area contributed by atoms with Crippen molar-refractivity contribution in [3.8, 4) is 0 Å². The third kappa shape index (κ3) is 4.19. The van der Waals surface area contributed by atoms with Crippen molar-refractivity contribution in [1.82, 2.24) is 15.0 Å². The molecule has 0 aliphatic heterocycles. The van der Waals surface area contributed by atoms with Crippen LogP contribution in [0.4, 0.5) is 5.95 Å². The second kappa shape index (κ2) is 6.09. The van der Waals surface area contributed by atoms with Crippen LogP contribution in [-0.4, -0.2) is 48.5 Å². The van der Waals surface area contributed by atoms with E-state index in [1.807, 2.05) is 14.1 Å². The lowest BCUT2D eigenvalue weighted by molar-refractivity contribution is 0.218. The first-order valence-electron chi connectivity index (χ1n) is 4.34. The van der Waals surface area contributed by atoms with Crippen LogP contribution < -0.4 is 4.90 Å². The highest BCUT2D eigenvalue weighted by Crippen LogP contribution is 2.17. The summed E-state index contributed by atoms with van der Waals surface area (Å²) < 4.78 is 4.94. The maximum atomic E-state index is 5.77. The zero-order valence-corrected chi connectivity index (χ0v) is 10.5. The van der Waals surface area contributed by atoms with Crippen LogP contribution in [0.5, 0.6) is 0 Å². The lowest BCUT2D eigenvalue weighted by atomic mass is 10.8. The average molecular weight is 249 g/mol. The van der Waals surface area contributed by atoms with E-state index >= 15 is 0 Å². The predicted octanol–water partition coefficient (Wildman–Crippen LogP) is 1.33. The molecule has 0 aliphatic carbocycles. The summed E-state index contributed by atoms with van der Waals surface area (Å²) in [5, 5.41) is 0.837. The molecule has 0 saturated heterocycles. The summed E-state index contributed by atoms with van der Waals surface area (Å²) in [4.78, 5) is 14.0. The van der Waals surface area contributed by atoms with Crippen LogP contribution in [-0.2, 0) is 4.74 Å². The molecule has 0 radical (unpaired) electrons. The molecule has 7 heteroatoms. The molecule has 0 amide bonds. The first-order chi connectivity index (χ1) is 7.13. The molecule has 0 aromatic carbocycles. The highest BCUT2D eigenvalue weighted by atomic mass is 35.5. The zero-order valence-electron chi connectivity index (χ0n) is 8.90. The Bertz CT molecular complexity index is 324. The van der Waals surface area contributed by atoms with Crippen molar-refractivity contribution in [3.63, 3.8) is 0 Å². The molecule has 1 aromatic heterocycles. The SMILES string of the molecule is COCCSc1nc(Cl)nc(N(C)C)n1. The first-order valence-corrected chi connectivity index (χ1v) is 5.70. The number of thioether (sulfide) groups is 1. The maximum absolute atomic E-state index is 5.77. The molecule has 1 rings (SSSR count). The van der Waals surface area contributed by atoms with Crippen LogP contribution in [0.3, 0.4) is 0 Å². The van der Waals surface area contributed by atoms with Crippen molar-refractivity contribution in [2.45, 2.75) is 5.16 Å². The van der Waals surface area contributed by atoms with E-state index in [0.717, 1.165) is 5.75 Å². The maximum Gasteiger partial charge on any atom is 0.230 e. The lowest BCUT2D eigenvalue weighted by Crippen LogP contribution is -2.14. The van der Waals surface area contributed by atoms with Crippen LogP contribution in [0.25, 0.3) is 0 Å². The van der Waals surface area contributed by atoms with Gasteiger partial charge in [0.1, 0.15) is 0 Å². The molecule has 1 aromatic rings. The van der Waals surface area contributed by atoms with E-state index in [1.165, 1.54) is 11.8 Å². The van der Waals surface area contributed by atoms with Crippen LogP contribution in [0.15, 0.2) is 5.16 Å². The summed E-state index contributed by atoms with van der Waals surface area (Å²) in [5.41, 5.74) is 0. The van der Waals surface area contributed by atoms with Gasteiger partial charge in [0, 0.05) is 27.0 Å². The van der Waals surface area contributed by atoms with Gasteiger partial charge in [-0.1, -0.05) is 11.8 Å². The van der Waals surface area contributed by atoms with E-state index in [2.05, 4.69) is 15.0 Å². The highest BCUT2D eigenvalue weighted by Gasteiger charge is 2.06. The Morgan fingerprint density at radius 1 is 1.33 bits per heavy atom. The van der Waals surface area contributed by atoms with Gasteiger partial charge in [-0.2, -0.15) is 15.0 Å². The van der Waals surface area contributed by atoms with E-state index in [0.29, 0.717) is 17.7 Å². The largest absolute Gasteiger partial charge is 0.384 e. The number of hydrogen-bond acceptors (Lipinski definition) is 6.